The Morgan fingerprint density at radius 3 is 3.05 bits per heavy atom. The number of carbonyl (C=O) groups excluding carboxylic acids is 1. The van der Waals surface area contributed by atoms with Crippen LogP contribution in [0.15, 0.2) is 24.4 Å². The van der Waals surface area contributed by atoms with E-state index in [9.17, 15) is 4.79 Å². The van der Waals surface area contributed by atoms with Crippen molar-refractivity contribution in [3.63, 3.8) is 0 Å². The fraction of sp³-hybridized carbons (Fsp3) is 0.529. The molecule has 0 aromatic carbocycles. The van der Waals surface area contributed by atoms with Crippen LogP contribution in [0.1, 0.15) is 41.9 Å². The molecule has 0 N–H and O–H groups in total. The number of hydrogen-bond acceptors (Lipinski definition) is 3. The normalized spacial score (nSPS) is 25.2. The SMILES string of the molecule is Cc1cccc2nc(C(=O)N3CCO[C@@H]4CCCC[C@@H]43)cn12. The smallest absolute Gasteiger partial charge is 0.274 e. The van der Waals surface area contributed by atoms with E-state index in [1.54, 1.807) is 0 Å². The predicted octanol–water partition coefficient (Wildman–Crippen LogP) is 2.43. The molecule has 4 rings (SSSR count). The number of amides is 1. The van der Waals surface area contributed by atoms with E-state index < -0.39 is 0 Å². The van der Waals surface area contributed by atoms with E-state index in [4.69, 9.17) is 4.74 Å². The zero-order valence-electron chi connectivity index (χ0n) is 12.9. The number of rotatable bonds is 1. The third-order valence-corrected chi connectivity index (χ3v) is 4.91. The highest BCUT2D eigenvalue weighted by Gasteiger charge is 2.37. The summed E-state index contributed by atoms with van der Waals surface area (Å²) in [7, 11) is 0. The topological polar surface area (TPSA) is 46.8 Å². The van der Waals surface area contributed by atoms with Crippen LogP contribution in [0.25, 0.3) is 5.65 Å². The molecule has 0 radical (unpaired) electrons. The average molecular weight is 299 g/mol. The maximum atomic E-state index is 12.9. The molecule has 2 aliphatic rings. The summed E-state index contributed by atoms with van der Waals surface area (Å²) in [5.41, 5.74) is 2.46. The van der Waals surface area contributed by atoms with Gasteiger partial charge in [0.05, 0.1) is 18.8 Å². The van der Waals surface area contributed by atoms with Crippen molar-refractivity contribution in [2.24, 2.45) is 0 Å². The molecule has 2 atom stereocenters. The number of nitrogens with zero attached hydrogens (tertiary/aromatic N) is 3. The van der Waals surface area contributed by atoms with E-state index in [2.05, 4.69) is 4.98 Å². The Bertz CT molecular complexity index is 707. The molecule has 116 valence electrons. The van der Waals surface area contributed by atoms with Crippen LogP contribution >= 0.6 is 0 Å². The minimum Gasteiger partial charge on any atom is -0.374 e. The summed E-state index contributed by atoms with van der Waals surface area (Å²) < 4.78 is 7.83. The number of pyridine rings is 1. The molecule has 1 aliphatic carbocycles. The van der Waals surface area contributed by atoms with Crippen molar-refractivity contribution in [2.75, 3.05) is 13.2 Å². The standard InChI is InChI=1S/C17H21N3O2/c1-12-5-4-8-16-18-13(11-20(12)16)17(21)19-9-10-22-15-7-3-2-6-14(15)19/h4-5,8,11,14-15H,2-3,6-7,9-10H2,1H3/t14-,15+/m0/s1. The molecule has 3 heterocycles. The zero-order valence-corrected chi connectivity index (χ0v) is 12.9. The number of aromatic nitrogens is 2. The van der Waals surface area contributed by atoms with Crippen molar-refractivity contribution in [1.82, 2.24) is 14.3 Å². The quantitative estimate of drug-likeness (QED) is 0.812. The van der Waals surface area contributed by atoms with Gasteiger partial charge in [0.25, 0.3) is 5.91 Å². The third-order valence-electron chi connectivity index (χ3n) is 4.91. The number of ether oxygens (including phenoxy) is 1. The monoisotopic (exact) mass is 299 g/mol. The number of carbonyl (C=O) groups is 1. The highest BCUT2D eigenvalue weighted by atomic mass is 16.5. The molecule has 0 unspecified atom stereocenters. The van der Waals surface area contributed by atoms with Crippen LogP contribution in [-0.4, -0.2) is 45.5 Å². The molecule has 22 heavy (non-hydrogen) atoms. The lowest BCUT2D eigenvalue weighted by molar-refractivity contribution is -0.0754. The predicted molar refractivity (Wildman–Crippen MR) is 83.0 cm³/mol. The fourth-order valence-electron chi connectivity index (χ4n) is 3.75. The van der Waals surface area contributed by atoms with Crippen LogP contribution < -0.4 is 0 Å². The summed E-state index contributed by atoms with van der Waals surface area (Å²) in [5.74, 6) is 0.0447. The second-order valence-electron chi connectivity index (χ2n) is 6.28. The zero-order chi connectivity index (χ0) is 15.1. The molecule has 1 aliphatic heterocycles. The summed E-state index contributed by atoms with van der Waals surface area (Å²) in [6.45, 7) is 3.33. The fourth-order valence-corrected chi connectivity index (χ4v) is 3.75. The highest BCUT2D eigenvalue weighted by Crippen LogP contribution is 2.29. The van der Waals surface area contributed by atoms with Crippen molar-refractivity contribution in [2.45, 2.75) is 44.8 Å². The van der Waals surface area contributed by atoms with Crippen LogP contribution in [0.3, 0.4) is 0 Å². The summed E-state index contributed by atoms with van der Waals surface area (Å²) >= 11 is 0. The number of imidazole rings is 1. The maximum absolute atomic E-state index is 12.9. The molecule has 0 spiro atoms. The maximum Gasteiger partial charge on any atom is 0.274 e. The lowest BCUT2D eigenvalue weighted by Gasteiger charge is -2.43. The van der Waals surface area contributed by atoms with Gasteiger partial charge in [0.1, 0.15) is 11.3 Å². The molecule has 2 fully saturated rings. The van der Waals surface area contributed by atoms with Crippen molar-refractivity contribution >= 4 is 11.6 Å². The van der Waals surface area contributed by atoms with Crippen LogP contribution in [0.4, 0.5) is 0 Å². The largest absolute Gasteiger partial charge is 0.374 e. The van der Waals surface area contributed by atoms with Crippen molar-refractivity contribution in [3.8, 4) is 0 Å². The van der Waals surface area contributed by atoms with Crippen LogP contribution in [0.2, 0.25) is 0 Å². The van der Waals surface area contributed by atoms with Gasteiger partial charge < -0.3 is 14.0 Å². The summed E-state index contributed by atoms with van der Waals surface area (Å²) in [5, 5.41) is 0. The first kappa shape index (κ1) is 13.8. The van der Waals surface area contributed by atoms with Gasteiger partial charge in [-0.15, -0.1) is 0 Å². The molecule has 2 aromatic heterocycles. The average Bonchev–Trinajstić information content (AvgIpc) is 2.99. The van der Waals surface area contributed by atoms with Gasteiger partial charge in [0.2, 0.25) is 0 Å². The molecule has 0 bridgehead atoms. The summed E-state index contributed by atoms with van der Waals surface area (Å²) in [6, 6.07) is 6.15. The molecule has 1 amide bonds. The lowest BCUT2D eigenvalue weighted by Crippen LogP contribution is -2.54. The van der Waals surface area contributed by atoms with Crippen molar-refractivity contribution < 1.29 is 9.53 Å². The first-order valence-corrected chi connectivity index (χ1v) is 8.11. The minimum absolute atomic E-state index is 0.0447. The van der Waals surface area contributed by atoms with E-state index in [-0.39, 0.29) is 18.1 Å². The van der Waals surface area contributed by atoms with E-state index in [0.717, 1.165) is 24.2 Å². The van der Waals surface area contributed by atoms with E-state index in [1.165, 1.54) is 12.8 Å². The van der Waals surface area contributed by atoms with Gasteiger partial charge in [-0.3, -0.25) is 4.79 Å². The first-order valence-electron chi connectivity index (χ1n) is 8.11. The Hall–Kier alpha value is -1.88. The van der Waals surface area contributed by atoms with Crippen LogP contribution in [0, 0.1) is 6.92 Å². The van der Waals surface area contributed by atoms with E-state index in [0.29, 0.717) is 18.8 Å². The van der Waals surface area contributed by atoms with Crippen LogP contribution in [-0.2, 0) is 4.74 Å². The molecule has 1 saturated heterocycles. The van der Waals surface area contributed by atoms with Gasteiger partial charge in [0, 0.05) is 18.4 Å². The van der Waals surface area contributed by atoms with Gasteiger partial charge >= 0.3 is 0 Å². The molecule has 1 saturated carbocycles. The third kappa shape index (κ3) is 2.20. The van der Waals surface area contributed by atoms with Gasteiger partial charge in [-0.2, -0.15) is 0 Å². The first-order chi connectivity index (χ1) is 10.7. The molecule has 5 nitrogen and oxygen atoms in total. The molecule has 5 heteroatoms. The van der Waals surface area contributed by atoms with Crippen molar-refractivity contribution in [3.05, 3.63) is 35.8 Å². The van der Waals surface area contributed by atoms with Crippen LogP contribution in [0.5, 0.6) is 0 Å². The minimum atomic E-state index is 0.0447. The molecule has 2 aromatic rings. The Balaban J connectivity index is 1.65. The second-order valence-corrected chi connectivity index (χ2v) is 6.28. The van der Waals surface area contributed by atoms with Gasteiger partial charge in [0.15, 0.2) is 0 Å². The number of morpholine rings is 1. The Morgan fingerprint density at radius 1 is 1.32 bits per heavy atom. The summed E-state index contributed by atoms with van der Waals surface area (Å²) in [4.78, 5) is 19.4. The van der Waals surface area contributed by atoms with Gasteiger partial charge in [-0.1, -0.05) is 18.9 Å². The van der Waals surface area contributed by atoms with E-state index in [1.807, 2.05) is 40.6 Å². The molecular weight excluding hydrogens is 278 g/mol. The Kier molecular flexibility index (Phi) is 3.37. The summed E-state index contributed by atoms with van der Waals surface area (Å²) in [6.07, 6.45) is 6.57. The van der Waals surface area contributed by atoms with Gasteiger partial charge in [-0.25, -0.2) is 4.98 Å². The Morgan fingerprint density at radius 2 is 2.18 bits per heavy atom. The van der Waals surface area contributed by atoms with E-state index >= 15 is 0 Å². The highest BCUT2D eigenvalue weighted by molar-refractivity contribution is 5.93. The molecular formula is C17H21N3O2. The number of aryl methyl sites for hydroxylation is 1. The lowest BCUT2D eigenvalue weighted by atomic mass is 9.90. The van der Waals surface area contributed by atoms with Crippen molar-refractivity contribution in [1.29, 1.82) is 0 Å². The second kappa shape index (κ2) is 5.39. The Labute approximate surface area is 129 Å². The van der Waals surface area contributed by atoms with Gasteiger partial charge in [-0.05, 0) is 31.9 Å². The number of hydrogen-bond donors (Lipinski definition) is 0. The number of fused-ring (bicyclic) bond motifs is 2.